The molecule has 4 nitrogen and oxygen atoms in total. The van der Waals surface area contributed by atoms with E-state index in [1.807, 2.05) is 64.9 Å². The zero-order valence-electron chi connectivity index (χ0n) is 17.1. The highest BCUT2D eigenvalue weighted by Gasteiger charge is 2.50. The molecule has 2 heterocycles. The highest BCUT2D eigenvalue weighted by Crippen LogP contribution is 2.45. The second-order valence-corrected chi connectivity index (χ2v) is 8.60. The van der Waals surface area contributed by atoms with Crippen LogP contribution in [0, 0.1) is 17.1 Å². The number of hydrogen-bond acceptors (Lipinski definition) is 5. The molecule has 1 aliphatic rings. The van der Waals surface area contributed by atoms with Gasteiger partial charge in [-0.15, -0.1) is 11.3 Å². The van der Waals surface area contributed by atoms with Gasteiger partial charge in [-0.1, -0.05) is 66.7 Å². The smallest absolute Gasteiger partial charge is 0.187 e. The molecule has 5 rings (SSSR count). The van der Waals surface area contributed by atoms with Crippen LogP contribution in [-0.4, -0.2) is 28.8 Å². The molecule has 1 N–H and O–H groups in total. The quantitative estimate of drug-likeness (QED) is 0.446. The lowest BCUT2D eigenvalue weighted by atomic mass is 9.76. The fraction of sp³-hybridized carbons (Fsp3) is 0.154. The summed E-state index contributed by atoms with van der Waals surface area (Å²) >= 11 is 1.49. The van der Waals surface area contributed by atoms with Crippen LogP contribution in [0.4, 0.5) is 9.52 Å². The van der Waals surface area contributed by atoms with E-state index in [0.29, 0.717) is 0 Å². The van der Waals surface area contributed by atoms with Crippen molar-refractivity contribution in [2.75, 3.05) is 11.5 Å². The molecule has 32 heavy (non-hydrogen) atoms. The third kappa shape index (κ3) is 3.56. The van der Waals surface area contributed by atoms with E-state index >= 15 is 0 Å². The maximum absolute atomic E-state index is 13.2. The van der Waals surface area contributed by atoms with E-state index < -0.39 is 6.04 Å². The van der Waals surface area contributed by atoms with Crippen LogP contribution in [0.5, 0.6) is 0 Å². The summed E-state index contributed by atoms with van der Waals surface area (Å²) in [6, 6.07) is 26.0. The lowest BCUT2D eigenvalue weighted by Gasteiger charge is -2.51. The Morgan fingerprint density at radius 1 is 0.938 bits per heavy atom. The Labute approximate surface area is 189 Å². The minimum atomic E-state index is -0.404. The number of rotatable bonds is 5. The highest BCUT2D eigenvalue weighted by molar-refractivity contribution is 7.14. The number of aliphatic hydroxyl groups excluding tert-OH is 1. The number of aromatic nitrogens is 1. The van der Waals surface area contributed by atoms with Gasteiger partial charge in [0.25, 0.3) is 0 Å². The van der Waals surface area contributed by atoms with Crippen LogP contribution < -0.4 is 4.90 Å². The number of anilines is 1. The number of benzene rings is 3. The van der Waals surface area contributed by atoms with Gasteiger partial charge in [0.2, 0.25) is 0 Å². The SMILES string of the molecule is N#C[C@@H]1[C@@H](c2ccc(-c3ccc(F)cc3)cc2)[C@H](CO)N1c1nc(-c2ccccc2)cs1. The van der Waals surface area contributed by atoms with Gasteiger partial charge in [0.1, 0.15) is 11.9 Å². The molecule has 1 saturated heterocycles. The largest absolute Gasteiger partial charge is 0.394 e. The van der Waals surface area contributed by atoms with Crippen molar-refractivity contribution in [3.8, 4) is 28.5 Å². The average molecular weight is 442 g/mol. The Hall–Kier alpha value is -3.53. The number of thiazole rings is 1. The van der Waals surface area contributed by atoms with Gasteiger partial charge in [-0.2, -0.15) is 5.26 Å². The Balaban J connectivity index is 1.40. The van der Waals surface area contributed by atoms with Gasteiger partial charge in [-0.05, 0) is 28.8 Å². The summed E-state index contributed by atoms with van der Waals surface area (Å²) in [5, 5.41) is 22.8. The second kappa shape index (κ2) is 8.54. The standard InChI is InChI=1S/C26H20FN3OS/c27-21-12-10-18(11-13-21)17-6-8-20(9-7-17)25-23(14-28)30(24(25)15-31)26-29-22(16-32-26)19-4-2-1-3-5-19/h1-13,16,23-25,31H,15H2/t23-,24+,25-/m1/s1. The minimum absolute atomic E-state index is 0.0667. The molecular weight excluding hydrogens is 421 g/mol. The number of nitrogens with zero attached hydrogens (tertiary/aromatic N) is 3. The Morgan fingerprint density at radius 3 is 2.22 bits per heavy atom. The van der Waals surface area contributed by atoms with E-state index in [2.05, 4.69) is 6.07 Å². The lowest BCUT2D eigenvalue weighted by molar-refractivity contribution is 0.187. The van der Waals surface area contributed by atoms with Gasteiger partial charge in [0.05, 0.1) is 24.4 Å². The fourth-order valence-electron chi connectivity index (χ4n) is 4.34. The van der Waals surface area contributed by atoms with Crippen molar-refractivity contribution < 1.29 is 9.50 Å². The molecule has 0 amide bonds. The molecule has 1 aromatic heterocycles. The first kappa shape index (κ1) is 20.4. The monoisotopic (exact) mass is 441 g/mol. The molecule has 158 valence electrons. The first-order chi connectivity index (χ1) is 15.7. The van der Waals surface area contributed by atoms with Gasteiger partial charge >= 0.3 is 0 Å². The summed E-state index contributed by atoms with van der Waals surface area (Å²) in [6.07, 6.45) is 0. The van der Waals surface area contributed by atoms with Crippen molar-refractivity contribution in [2.45, 2.75) is 18.0 Å². The summed E-state index contributed by atoms with van der Waals surface area (Å²) in [4.78, 5) is 6.67. The fourth-order valence-corrected chi connectivity index (χ4v) is 5.26. The molecule has 3 aromatic carbocycles. The van der Waals surface area contributed by atoms with Gasteiger partial charge in [-0.3, -0.25) is 0 Å². The molecule has 6 heteroatoms. The third-order valence-corrected chi connectivity index (χ3v) is 6.84. The van der Waals surface area contributed by atoms with Crippen molar-refractivity contribution >= 4 is 16.5 Å². The van der Waals surface area contributed by atoms with E-state index in [-0.39, 0.29) is 24.4 Å². The molecule has 0 aliphatic carbocycles. The maximum Gasteiger partial charge on any atom is 0.187 e. The average Bonchev–Trinajstić information content (AvgIpc) is 3.30. The first-order valence-corrected chi connectivity index (χ1v) is 11.2. The van der Waals surface area contributed by atoms with Crippen molar-refractivity contribution in [3.63, 3.8) is 0 Å². The summed E-state index contributed by atoms with van der Waals surface area (Å²) in [7, 11) is 0. The minimum Gasteiger partial charge on any atom is -0.394 e. The number of nitriles is 1. The second-order valence-electron chi connectivity index (χ2n) is 7.77. The number of hydrogen-bond donors (Lipinski definition) is 1. The van der Waals surface area contributed by atoms with Crippen molar-refractivity contribution in [1.82, 2.24) is 4.98 Å². The molecule has 1 aliphatic heterocycles. The predicted octanol–water partition coefficient (Wildman–Crippen LogP) is 5.47. The van der Waals surface area contributed by atoms with E-state index in [9.17, 15) is 14.8 Å². The van der Waals surface area contributed by atoms with E-state index in [4.69, 9.17) is 4.98 Å². The van der Waals surface area contributed by atoms with Crippen molar-refractivity contribution in [1.29, 1.82) is 5.26 Å². The van der Waals surface area contributed by atoms with Gasteiger partial charge < -0.3 is 10.0 Å². The van der Waals surface area contributed by atoms with Gasteiger partial charge in [-0.25, -0.2) is 9.37 Å². The van der Waals surface area contributed by atoms with Crippen LogP contribution in [0.1, 0.15) is 11.5 Å². The van der Waals surface area contributed by atoms with Crippen LogP contribution in [-0.2, 0) is 0 Å². The van der Waals surface area contributed by atoms with Crippen molar-refractivity contribution in [3.05, 3.63) is 95.6 Å². The van der Waals surface area contributed by atoms with E-state index in [1.54, 1.807) is 12.1 Å². The number of aliphatic hydroxyl groups is 1. The van der Waals surface area contributed by atoms with Crippen LogP contribution in [0.15, 0.2) is 84.2 Å². The molecule has 0 radical (unpaired) electrons. The topological polar surface area (TPSA) is 60.1 Å². The van der Waals surface area contributed by atoms with Crippen molar-refractivity contribution in [2.24, 2.45) is 0 Å². The first-order valence-electron chi connectivity index (χ1n) is 10.4. The molecule has 0 bridgehead atoms. The predicted molar refractivity (Wildman–Crippen MR) is 125 cm³/mol. The Bertz CT molecular complexity index is 1250. The number of halogens is 1. The zero-order chi connectivity index (χ0) is 22.1. The molecule has 4 aromatic rings. The summed E-state index contributed by atoms with van der Waals surface area (Å²) in [6.45, 7) is -0.0667. The zero-order valence-corrected chi connectivity index (χ0v) is 17.9. The van der Waals surface area contributed by atoms with Crippen LogP contribution in [0.3, 0.4) is 0 Å². The van der Waals surface area contributed by atoms with Gasteiger partial charge in [0, 0.05) is 16.9 Å². The van der Waals surface area contributed by atoms with E-state index in [1.165, 1.54) is 23.5 Å². The maximum atomic E-state index is 13.2. The Morgan fingerprint density at radius 2 is 1.59 bits per heavy atom. The van der Waals surface area contributed by atoms with E-state index in [0.717, 1.165) is 33.1 Å². The molecule has 0 saturated carbocycles. The van der Waals surface area contributed by atoms with Crippen LogP contribution >= 0.6 is 11.3 Å². The molecule has 1 fully saturated rings. The van der Waals surface area contributed by atoms with Gasteiger partial charge in [0.15, 0.2) is 5.13 Å². The molecule has 0 unspecified atom stereocenters. The summed E-state index contributed by atoms with van der Waals surface area (Å²) in [5.41, 5.74) is 4.80. The molecule has 0 spiro atoms. The third-order valence-electron chi connectivity index (χ3n) is 5.99. The van der Waals surface area contributed by atoms with Crippen LogP contribution in [0.2, 0.25) is 0 Å². The highest BCUT2D eigenvalue weighted by atomic mass is 32.1. The summed E-state index contributed by atoms with van der Waals surface area (Å²) in [5.74, 6) is -0.378. The van der Waals surface area contributed by atoms with Crippen LogP contribution in [0.25, 0.3) is 22.4 Å². The molecular formula is C26H20FN3OS. The normalized spacial score (nSPS) is 19.9. The summed E-state index contributed by atoms with van der Waals surface area (Å²) < 4.78 is 13.2. The lowest BCUT2D eigenvalue weighted by Crippen LogP contribution is -2.63. The molecule has 3 atom stereocenters. The Kier molecular flexibility index (Phi) is 5.44.